The molecule has 0 amide bonds. The number of nitrogens with one attached hydrogen (secondary N) is 1. The number of aromatic amines is 1. The molecule has 0 bridgehead atoms. The van der Waals surface area contributed by atoms with Gasteiger partial charge in [0.05, 0.1) is 11.7 Å². The lowest BCUT2D eigenvalue weighted by atomic mass is 9.99. The van der Waals surface area contributed by atoms with E-state index in [0.717, 1.165) is 5.52 Å². The average molecular weight is 176 g/mol. The Labute approximate surface area is 79.5 Å². The number of H-pyrrole nitrogens is 1. The van der Waals surface area contributed by atoms with Gasteiger partial charge in [-0.15, -0.1) is 0 Å². The van der Waals surface area contributed by atoms with E-state index in [9.17, 15) is 0 Å². The highest BCUT2D eigenvalue weighted by atomic mass is 15.1. The van der Waals surface area contributed by atoms with Crippen molar-refractivity contribution in [3.63, 3.8) is 0 Å². The monoisotopic (exact) mass is 176 g/mol. The van der Waals surface area contributed by atoms with Crippen molar-refractivity contribution in [3.05, 3.63) is 29.5 Å². The molecular formula is C11H16N2. The molecule has 2 rings (SSSR count). The van der Waals surface area contributed by atoms with Crippen molar-refractivity contribution >= 4 is 10.9 Å². The van der Waals surface area contributed by atoms with Gasteiger partial charge < -0.3 is 0 Å². The summed E-state index contributed by atoms with van der Waals surface area (Å²) in [6, 6.07) is 4.42. The van der Waals surface area contributed by atoms with Crippen molar-refractivity contribution in [3.8, 4) is 0 Å². The fourth-order valence-corrected chi connectivity index (χ4v) is 1.59. The van der Waals surface area contributed by atoms with Crippen LogP contribution in [0.1, 0.15) is 32.3 Å². The summed E-state index contributed by atoms with van der Waals surface area (Å²) in [5, 5.41) is 8.27. The molecule has 0 fully saturated rings. The van der Waals surface area contributed by atoms with Gasteiger partial charge in [0.1, 0.15) is 0 Å². The first-order valence-corrected chi connectivity index (χ1v) is 4.62. The number of rotatable bonds is 1. The first-order chi connectivity index (χ1) is 6.18. The van der Waals surface area contributed by atoms with Gasteiger partial charge in [0, 0.05) is 6.81 Å². The van der Waals surface area contributed by atoms with Crippen LogP contribution >= 0.6 is 0 Å². The van der Waals surface area contributed by atoms with Crippen molar-refractivity contribution in [2.45, 2.75) is 26.7 Å². The van der Waals surface area contributed by atoms with E-state index in [-0.39, 0.29) is 1.43 Å². The summed E-state index contributed by atoms with van der Waals surface area (Å²) >= 11 is 0. The van der Waals surface area contributed by atoms with Gasteiger partial charge in [0.15, 0.2) is 0 Å². The molecule has 13 heavy (non-hydrogen) atoms. The van der Waals surface area contributed by atoms with Crippen molar-refractivity contribution in [1.82, 2.24) is 10.2 Å². The first-order valence-electron chi connectivity index (χ1n) is 4.62. The molecule has 0 unspecified atom stereocenters. The van der Waals surface area contributed by atoms with E-state index in [0.29, 0.717) is 5.92 Å². The quantitative estimate of drug-likeness (QED) is 0.710. The van der Waals surface area contributed by atoms with Crippen molar-refractivity contribution in [2.75, 3.05) is 0 Å². The molecule has 0 saturated heterocycles. The van der Waals surface area contributed by atoms with Crippen molar-refractivity contribution < 1.29 is 1.43 Å². The Morgan fingerprint density at radius 2 is 2.15 bits per heavy atom. The Morgan fingerprint density at radius 3 is 2.85 bits per heavy atom. The zero-order valence-corrected chi connectivity index (χ0v) is 8.26. The third-order valence-electron chi connectivity index (χ3n) is 2.45. The summed E-state index contributed by atoms with van der Waals surface area (Å²) in [6.07, 6.45) is 1.88. The predicted molar refractivity (Wildman–Crippen MR) is 57.0 cm³/mol. The van der Waals surface area contributed by atoms with Crippen LogP contribution in [-0.2, 0) is 0 Å². The number of benzene rings is 1. The summed E-state index contributed by atoms with van der Waals surface area (Å²) in [5.41, 5.74) is 3.81. The van der Waals surface area contributed by atoms with E-state index in [4.69, 9.17) is 0 Å². The van der Waals surface area contributed by atoms with Crippen molar-refractivity contribution in [1.29, 1.82) is 0 Å². The van der Waals surface area contributed by atoms with Gasteiger partial charge >= 0.3 is 0 Å². The standard InChI is InChI=1S/C11H14N2.H2/c1-7(2)9-4-8(3)10-6-12-13-11(10)5-9;/h4-7H,1-3H3,(H,12,13);1H. The van der Waals surface area contributed by atoms with Crippen LogP contribution in [-0.4, -0.2) is 10.2 Å². The average Bonchev–Trinajstić information content (AvgIpc) is 2.51. The van der Waals surface area contributed by atoms with Crippen LogP contribution in [0.3, 0.4) is 0 Å². The maximum absolute atomic E-state index is 4.04. The molecule has 0 atom stereocenters. The second kappa shape index (κ2) is 2.87. The summed E-state index contributed by atoms with van der Waals surface area (Å²) in [4.78, 5) is 0. The van der Waals surface area contributed by atoms with Crippen LogP contribution in [0, 0.1) is 6.92 Å². The molecule has 0 spiro atoms. The number of fused-ring (bicyclic) bond motifs is 1. The number of hydrogen-bond donors (Lipinski definition) is 1. The van der Waals surface area contributed by atoms with E-state index in [2.05, 4.69) is 43.1 Å². The smallest absolute Gasteiger partial charge is 0.0655 e. The molecule has 0 radical (unpaired) electrons. The van der Waals surface area contributed by atoms with Crippen LogP contribution in [0.15, 0.2) is 18.3 Å². The van der Waals surface area contributed by atoms with Gasteiger partial charge in [-0.3, -0.25) is 5.10 Å². The van der Waals surface area contributed by atoms with Crippen LogP contribution < -0.4 is 0 Å². The Hall–Kier alpha value is -1.31. The Balaban J connectivity index is 0.000000980. The Bertz CT molecular complexity index is 432. The normalized spacial score (nSPS) is 11.4. The maximum Gasteiger partial charge on any atom is 0.0655 e. The highest BCUT2D eigenvalue weighted by Gasteiger charge is 2.04. The van der Waals surface area contributed by atoms with Gasteiger partial charge in [-0.1, -0.05) is 19.9 Å². The molecule has 1 aromatic heterocycles. The van der Waals surface area contributed by atoms with Gasteiger partial charge in [-0.2, -0.15) is 5.10 Å². The molecule has 70 valence electrons. The van der Waals surface area contributed by atoms with E-state index in [1.54, 1.807) is 0 Å². The lowest BCUT2D eigenvalue weighted by molar-refractivity contribution is 0.866. The Kier molecular flexibility index (Phi) is 1.83. The number of nitrogens with zero attached hydrogens (tertiary/aromatic N) is 1. The molecule has 2 heteroatoms. The lowest BCUT2D eigenvalue weighted by Gasteiger charge is -2.06. The molecule has 2 nitrogen and oxygen atoms in total. The summed E-state index contributed by atoms with van der Waals surface area (Å²) < 4.78 is 0. The number of hydrogen-bond acceptors (Lipinski definition) is 1. The van der Waals surface area contributed by atoms with Gasteiger partial charge in [0.25, 0.3) is 0 Å². The van der Waals surface area contributed by atoms with Crippen LogP contribution in [0.2, 0.25) is 0 Å². The third-order valence-corrected chi connectivity index (χ3v) is 2.45. The van der Waals surface area contributed by atoms with Crippen molar-refractivity contribution in [2.24, 2.45) is 0 Å². The topological polar surface area (TPSA) is 28.7 Å². The summed E-state index contributed by atoms with van der Waals surface area (Å²) in [7, 11) is 0. The predicted octanol–water partition coefficient (Wildman–Crippen LogP) is 3.24. The minimum atomic E-state index is 0. The van der Waals surface area contributed by atoms with Gasteiger partial charge in [-0.25, -0.2) is 0 Å². The fraction of sp³-hybridized carbons (Fsp3) is 0.364. The molecule has 1 heterocycles. The maximum atomic E-state index is 4.04. The van der Waals surface area contributed by atoms with E-state index >= 15 is 0 Å². The van der Waals surface area contributed by atoms with Gasteiger partial charge in [0.2, 0.25) is 0 Å². The van der Waals surface area contributed by atoms with Crippen LogP contribution in [0.5, 0.6) is 0 Å². The minimum absolute atomic E-state index is 0. The second-order valence-electron chi connectivity index (χ2n) is 3.82. The molecule has 0 aliphatic carbocycles. The molecule has 0 aliphatic rings. The number of aryl methyl sites for hydroxylation is 1. The highest BCUT2D eigenvalue weighted by molar-refractivity contribution is 5.82. The summed E-state index contributed by atoms with van der Waals surface area (Å²) in [6.45, 7) is 6.54. The lowest BCUT2D eigenvalue weighted by Crippen LogP contribution is -1.88. The van der Waals surface area contributed by atoms with E-state index in [1.165, 1.54) is 16.5 Å². The molecule has 1 N–H and O–H groups in total. The number of aromatic nitrogens is 2. The minimum Gasteiger partial charge on any atom is -0.278 e. The van der Waals surface area contributed by atoms with Crippen LogP contribution in [0.4, 0.5) is 0 Å². The second-order valence-corrected chi connectivity index (χ2v) is 3.82. The molecule has 0 aliphatic heterocycles. The molecule has 2 aromatic rings. The molecule has 0 saturated carbocycles. The zero-order valence-electron chi connectivity index (χ0n) is 8.26. The SMILES string of the molecule is Cc1cc(C(C)C)cc2[nH]ncc12.[HH]. The van der Waals surface area contributed by atoms with Gasteiger partial charge in [-0.05, 0) is 30.0 Å². The molecular weight excluding hydrogens is 160 g/mol. The van der Waals surface area contributed by atoms with E-state index < -0.39 is 0 Å². The fourth-order valence-electron chi connectivity index (χ4n) is 1.59. The van der Waals surface area contributed by atoms with Crippen LogP contribution in [0.25, 0.3) is 10.9 Å². The summed E-state index contributed by atoms with van der Waals surface area (Å²) in [5.74, 6) is 0.575. The Morgan fingerprint density at radius 1 is 1.38 bits per heavy atom. The first kappa shape index (κ1) is 8.30. The highest BCUT2D eigenvalue weighted by Crippen LogP contribution is 2.22. The largest absolute Gasteiger partial charge is 0.278 e. The zero-order chi connectivity index (χ0) is 9.42. The third kappa shape index (κ3) is 1.32. The van der Waals surface area contributed by atoms with E-state index in [1.807, 2.05) is 6.20 Å². The molecule has 1 aromatic carbocycles.